The second-order valence-electron chi connectivity index (χ2n) is 4.91. The van der Waals surface area contributed by atoms with E-state index in [1.807, 2.05) is 37.3 Å². The molecule has 0 spiro atoms. The minimum absolute atomic E-state index is 0.134. The summed E-state index contributed by atoms with van der Waals surface area (Å²) in [6.07, 6.45) is 0. The molecule has 3 nitrogen and oxygen atoms in total. The molecule has 2 aromatic rings. The van der Waals surface area contributed by atoms with Crippen LogP contribution in [0.2, 0.25) is 0 Å². The third kappa shape index (κ3) is 3.93. The SMILES string of the molecule is CCN(Cc1cccs1)C(C)C(=O)c1ccc(OC)cc1. The summed E-state index contributed by atoms with van der Waals surface area (Å²) < 4.78 is 5.13. The van der Waals surface area contributed by atoms with E-state index in [0.29, 0.717) is 0 Å². The Morgan fingerprint density at radius 3 is 2.52 bits per heavy atom. The number of ketones is 1. The van der Waals surface area contributed by atoms with Gasteiger partial charge in [-0.25, -0.2) is 0 Å². The maximum absolute atomic E-state index is 12.6. The van der Waals surface area contributed by atoms with E-state index in [2.05, 4.69) is 23.3 Å². The molecule has 0 saturated heterocycles. The van der Waals surface area contributed by atoms with E-state index in [4.69, 9.17) is 4.74 Å². The molecule has 1 unspecified atom stereocenters. The maximum Gasteiger partial charge on any atom is 0.179 e. The predicted octanol–water partition coefficient (Wildman–Crippen LogP) is 3.85. The molecule has 0 N–H and O–H groups in total. The number of rotatable bonds is 7. The molecule has 0 saturated carbocycles. The Morgan fingerprint density at radius 2 is 2.00 bits per heavy atom. The van der Waals surface area contributed by atoms with Crippen LogP contribution in [-0.4, -0.2) is 30.4 Å². The van der Waals surface area contributed by atoms with Gasteiger partial charge in [0.25, 0.3) is 0 Å². The zero-order valence-corrected chi connectivity index (χ0v) is 13.5. The van der Waals surface area contributed by atoms with E-state index in [0.717, 1.165) is 24.4 Å². The van der Waals surface area contributed by atoms with Crippen LogP contribution in [0.5, 0.6) is 5.75 Å². The Morgan fingerprint density at radius 1 is 1.29 bits per heavy atom. The molecule has 0 aliphatic rings. The third-order valence-corrected chi connectivity index (χ3v) is 4.51. The van der Waals surface area contributed by atoms with E-state index in [1.54, 1.807) is 18.4 Å². The monoisotopic (exact) mass is 303 g/mol. The second-order valence-corrected chi connectivity index (χ2v) is 5.94. The second kappa shape index (κ2) is 7.38. The molecule has 2 rings (SSSR count). The zero-order valence-electron chi connectivity index (χ0n) is 12.7. The molecule has 0 radical (unpaired) electrons. The first kappa shape index (κ1) is 15.7. The summed E-state index contributed by atoms with van der Waals surface area (Å²) in [6, 6.07) is 11.3. The molecule has 0 aliphatic heterocycles. The largest absolute Gasteiger partial charge is 0.497 e. The third-order valence-electron chi connectivity index (χ3n) is 3.65. The first-order valence-corrected chi connectivity index (χ1v) is 7.98. The van der Waals surface area contributed by atoms with Crippen LogP contribution in [0.15, 0.2) is 41.8 Å². The molecular formula is C17H21NO2S. The Kier molecular flexibility index (Phi) is 5.53. The highest BCUT2D eigenvalue weighted by Crippen LogP contribution is 2.18. The number of hydrogen-bond acceptors (Lipinski definition) is 4. The molecule has 1 heterocycles. The molecule has 0 bridgehead atoms. The number of hydrogen-bond donors (Lipinski definition) is 0. The smallest absolute Gasteiger partial charge is 0.179 e. The molecule has 21 heavy (non-hydrogen) atoms. The van der Waals surface area contributed by atoms with Crippen molar-refractivity contribution in [1.29, 1.82) is 0 Å². The van der Waals surface area contributed by atoms with Gasteiger partial charge in [0, 0.05) is 17.0 Å². The van der Waals surface area contributed by atoms with Gasteiger partial charge in [0.15, 0.2) is 5.78 Å². The molecule has 4 heteroatoms. The lowest BCUT2D eigenvalue weighted by Crippen LogP contribution is -2.38. The predicted molar refractivity (Wildman–Crippen MR) is 87.2 cm³/mol. The molecule has 0 fully saturated rings. The van der Waals surface area contributed by atoms with E-state index in [-0.39, 0.29) is 11.8 Å². The van der Waals surface area contributed by atoms with Crippen molar-refractivity contribution in [3.05, 3.63) is 52.2 Å². The van der Waals surface area contributed by atoms with Crippen molar-refractivity contribution >= 4 is 17.1 Å². The number of nitrogens with zero attached hydrogens (tertiary/aromatic N) is 1. The Labute approximate surface area is 130 Å². The van der Waals surface area contributed by atoms with Crippen molar-refractivity contribution in [1.82, 2.24) is 4.90 Å². The van der Waals surface area contributed by atoms with E-state index < -0.39 is 0 Å². The van der Waals surface area contributed by atoms with Crippen LogP contribution in [0, 0.1) is 0 Å². The van der Waals surface area contributed by atoms with Gasteiger partial charge in [0.1, 0.15) is 5.75 Å². The van der Waals surface area contributed by atoms with Crippen LogP contribution in [0.3, 0.4) is 0 Å². The van der Waals surface area contributed by atoms with Crippen LogP contribution < -0.4 is 4.74 Å². The van der Waals surface area contributed by atoms with Gasteiger partial charge >= 0.3 is 0 Å². The van der Waals surface area contributed by atoms with Crippen LogP contribution in [0.1, 0.15) is 29.1 Å². The number of thiophene rings is 1. The molecule has 1 aromatic carbocycles. The summed E-state index contributed by atoms with van der Waals surface area (Å²) in [4.78, 5) is 16.1. The maximum atomic E-state index is 12.6. The number of benzene rings is 1. The van der Waals surface area contributed by atoms with E-state index >= 15 is 0 Å². The van der Waals surface area contributed by atoms with Crippen molar-refractivity contribution in [3.8, 4) is 5.75 Å². The lowest BCUT2D eigenvalue weighted by molar-refractivity contribution is 0.0837. The van der Waals surface area contributed by atoms with Crippen LogP contribution >= 0.6 is 11.3 Å². The fourth-order valence-corrected chi connectivity index (χ4v) is 3.02. The van der Waals surface area contributed by atoms with Gasteiger partial charge in [-0.3, -0.25) is 9.69 Å². The topological polar surface area (TPSA) is 29.5 Å². The van der Waals surface area contributed by atoms with Gasteiger partial charge < -0.3 is 4.74 Å². The fraction of sp³-hybridized carbons (Fsp3) is 0.353. The molecular weight excluding hydrogens is 282 g/mol. The van der Waals surface area contributed by atoms with Crippen molar-refractivity contribution in [2.24, 2.45) is 0 Å². The summed E-state index contributed by atoms with van der Waals surface area (Å²) in [6.45, 7) is 5.73. The highest BCUT2D eigenvalue weighted by Gasteiger charge is 2.21. The van der Waals surface area contributed by atoms with Gasteiger partial charge in [0.2, 0.25) is 0 Å². The Hall–Kier alpha value is -1.65. The minimum atomic E-state index is -0.134. The molecule has 1 atom stereocenters. The van der Waals surface area contributed by atoms with Crippen LogP contribution in [0.25, 0.3) is 0 Å². The highest BCUT2D eigenvalue weighted by molar-refractivity contribution is 7.09. The lowest BCUT2D eigenvalue weighted by atomic mass is 10.0. The average Bonchev–Trinajstić information content (AvgIpc) is 3.04. The average molecular weight is 303 g/mol. The first-order valence-electron chi connectivity index (χ1n) is 7.10. The molecule has 0 aliphatic carbocycles. The summed E-state index contributed by atoms with van der Waals surface area (Å²) in [7, 11) is 1.62. The molecule has 112 valence electrons. The number of Topliss-reactive ketones (excluding diaryl/α,β-unsaturated/α-hetero) is 1. The summed E-state index contributed by atoms with van der Waals surface area (Å²) in [5.74, 6) is 0.918. The molecule has 0 amide bonds. The standard InChI is InChI=1S/C17H21NO2S/c1-4-18(12-16-6-5-11-21-16)13(2)17(19)14-7-9-15(20-3)10-8-14/h5-11,13H,4,12H2,1-3H3. The van der Waals surface area contributed by atoms with Crippen molar-refractivity contribution in [3.63, 3.8) is 0 Å². The van der Waals surface area contributed by atoms with Gasteiger partial charge in [0.05, 0.1) is 13.2 Å². The van der Waals surface area contributed by atoms with Gasteiger partial charge in [-0.15, -0.1) is 11.3 Å². The van der Waals surface area contributed by atoms with Gasteiger partial charge in [-0.2, -0.15) is 0 Å². The minimum Gasteiger partial charge on any atom is -0.497 e. The van der Waals surface area contributed by atoms with Crippen molar-refractivity contribution in [2.75, 3.05) is 13.7 Å². The first-order chi connectivity index (χ1) is 10.2. The number of ether oxygens (including phenoxy) is 1. The normalized spacial score (nSPS) is 12.4. The summed E-state index contributed by atoms with van der Waals surface area (Å²) >= 11 is 1.73. The van der Waals surface area contributed by atoms with E-state index in [9.17, 15) is 4.79 Å². The number of carbonyl (C=O) groups excluding carboxylic acids is 1. The zero-order chi connectivity index (χ0) is 15.2. The summed E-state index contributed by atoms with van der Waals surface area (Å²) in [5.41, 5.74) is 0.730. The van der Waals surface area contributed by atoms with Crippen LogP contribution in [0.4, 0.5) is 0 Å². The van der Waals surface area contributed by atoms with Crippen LogP contribution in [-0.2, 0) is 6.54 Å². The number of carbonyl (C=O) groups is 1. The fourth-order valence-electron chi connectivity index (χ4n) is 2.29. The van der Waals surface area contributed by atoms with Gasteiger partial charge in [-0.1, -0.05) is 13.0 Å². The lowest BCUT2D eigenvalue weighted by Gasteiger charge is -2.26. The Bertz CT molecular complexity index is 563. The van der Waals surface area contributed by atoms with E-state index in [1.165, 1.54) is 4.88 Å². The highest BCUT2D eigenvalue weighted by atomic mass is 32.1. The van der Waals surface area contributed by atoms with Gasteiger partial charge in [-0.05, 0) is 49.2 Å². The summed E-state index contributed by atoms with van der Waals surface area (Å²) in [5, 5.41) is 2.07. The number of methoxy groups -OCH3 is 1. The Balaban J connectivity index is 2.08. The number of likely N-dealkylation sites (N-methyl/N-ethyl adjacent to an activating group) is 1. The van der Waals surface area contributed by atoms with Crippen molar-refractivity contribution in [2.45, 2.75) is 26.4 Å². The quantitative estimate of drug-likeness (QED) is 0.728. The molecule has 1 aromatic heterocycles. The van der Waals surface area contributed by atoms with Crippen molar-refractivity contribution < 1.29 is 9.53 Å².